The van der Waals surface area contributed by atoms with Gasteiger partial charge in [0, 0.05) is 12.1 Å². The Balaban J connectivity index is 2.44. The topological polar surface area (TPSA) is 46.2 Å². The van der Waals surface area contributed by atoms with E-state index in [4.69, 9.17) is 0 Å². The van der Waals surface area contributed by atoms with E-state index in [9.17, 15) is 12.8 Å². The first kappa shape index (κ1) is 15.7. The summed E-state index contributed by atoms with van der Waals surface area (Å²) in [4.78, 5) is 0.206. The normalized spacial score (nSPS) is 11.8. The van der Waals surface area contributed by atoms with E-state index in [1.165, 1.54) is 12.1 Å². The molecule has 2 aromatic carbocycles. The molecular formula is C16H18FNO2S. The van der Waals surface area contributed by atoms with Crippen LogP contribution in [0.4, 0.5) is 4.39 Å². The molecule has 21 heavy (non-hydrogen) atoms. The second-order valence-corrected chi connectivity index (χ2v) is 6.98. The molecule has 0 aliphatic rings. The fourth-order valence-electron chi connectivity index (χ4n) is 1.92. The van der Waals surface area contributed by atoms with Crippen LogP contribution in [0.1, 0.15) is 13.8 Å². The second-order valence-electron chi connectivity index (χ2n) is 5.25. The molecule has 0 radical (unpaired) electrons. The number of sulfonamides is 1. The highest BCUT2D eigenvalue weighted by atomic mass is 32.2. The average molecular weight is 307 g/mol. The lowest BCUT2D eigenvalue weighted by Crippen LogP contribution is -2.27. The van der Waals surface area contributed by atoms with E-state index in [2.05, 4.69) is 4.72 Å². The summed E-state index contributed by atoms with van der Waals surface area (Å²) in [7, 11) is -3.59. The molecule has 0 aliphatic carbocycles. The van der Waals surface area contributed by atoms with Gasteiger partial charge in [-0.2, -0.15) is 0 Å². The summed E-state index contributed by atoms with van der Waals surface area (Å²) in [5.41, 5.74) is 1.23. The third-order valence-corrected chi connectivity index (χ3v) is 4.50. The third kappa shape index (κ3) is 3.89. The highest BCUT2D eigenvalue weighted by molar-refractivity contribution is 7.89. The van der Waals surface area contributed by atoms with Crippen molar-refractivity contribution in [3.05, 3.63) is 54.3 Å². The van der Waals surface area contributed by atoms with Gasteiger partial charge < -0.3 is 0 Å². The molecule has 0 saturated carbocycles. The van der Waals surface area contributed by atoms with Gasteiger partial charge in [-0.1, -0.05) is 44.2 Å². The molecule has 0 amide bonds. The highest BCUT2D eigenvalue weighted by Crippen LogP contribution is 2.27. The van der Waals surface area contributed by atoms with E-state index in [1.54, 1.807) is 36.4 Å². The number of halogens is 1. The van der Waals surface area contributed by atoms with E-state index in [0.29, 0.717) is 17.7 Å². The van der Waals surface area contributed by atoms with Crippen LogP contribution in [0, 0.1) is 11.7 Å². The minimum Gasteiger partial charge on any atom is -0.211 e. The van der Waals surface area contributed by atoms with Crippen LogP contribution in [-0.4, -0.2) is 15.0 Å². The smallest absolute Gasteiger partial charge is 0.211 e. The Hall–Kier alpha value is -1.72. The van der Waals surface area contributed by atoms with Gasteiger partial charge in [0.1, 0.15) is 5.82 Å². The summed E-state index contributed by atoms with van der Waals surface area (Å²) in [6.07, 6.45) is 0. The number of hydrogen-bond acceptors (Lipinski definition) is 2. The lowest BCUT2D eigenvalue weighted by Gasteiger charge is -2.13. The van der Waals surface area contributed by atoms with Gasteiger partial charge in [-0.05, 0) is 29.7 Å². The number of rotatable bonds is 5. The minimum absolute atomic E-state index is 0.206. The summed E-state index contributed by atoms with van der Waals surface area (Å²) in [6, 6.07) is 12.5. The molecule has 0 atom stereocenters. The molecule has 0 unspecified atom stereocenters. The molecule has 0 saturated heterocycles. The van der Waals surface area contributed by atoms with Crippen LogP contribution < -0.4 is 4.72 Å². The van der Waals surface area contributed by atoms with Crippen LogP contribution in [0.15, 0.2) is 53.4 Å². The maximum atomic E-state index is 13.0. The molecule has 0 spiro atoms. The zero-order valence-corrected chi connectivity index (χ0v) is 12.8. The molecule has 3 nitrogen and oxygen atoms in total. The Morgan fingerprint density at radius 1 is 1.05 bits per heavy atom. The van der Waals surface area contributed by atoms with Crippen molar-refractivity contribution in [3.63, 3.8) is 0 Å². The molecule has 5 heteroatoms. The molecule has 2 aromatic rings. The second kappa shape index (κ2) is 6.37. The quantitative estimate of drug-likeness (QED) is 0.920. The number of nitrogens with one attached hydrogen (secondary N) is 1. The number of benzene rings is 2. The summed E-state index contributed by atoms with van der Waals surface area (Å²) in [5, 5.41) is 0. The molecule has 2 rings (SSSR count). The van der Waals surface area contributed by atoms with Crippen molar-refractivity contribution in [3.8, 4) is 11.1 Å². The van der Waals surface area contributed by atoms with Gasteiger partial charge in [-0.15, -0.1) is 0 Å². The predicted molar refractivity (Wildman–Crippen MR) is 81.9 cm³/mol. The van der Waals surface area contributed by atoms with Gasteiger partial charge in [0.25, 0.3) is 0 Å². The first-order valence-electron chi connectivity index (χ1n) is 6.75. The van der Waals surface area contributed by atoms with Gasteiger partial charge in [-0.25, -0.2) is 17.5 Å². The molecule has 0 heterocycles. The van der Waals surface area contributed by atoms with Gasteiger partial charge in [0.05, 0.1) is 4.90 Å². The van der Waals surface area contributed by atoms with Gasteiger partial charge in [0.2, 0.25) is 10.0 Å². The molecule has 1 N–H and O–H groups in total. The van der Waals surface area contributed by atoms with E-state index < -0.39 is 10.0 Å². The van der Waals surface area contributed by atoms with E-state index >= 15 is 0 Å². The fraction of sp³-hybridized carbons (Fsp3) is 0.250. The minimum atomic E-state index is -3.59. The maximum absolute atomic E-state index is 13.0. The lowest BCUT2D eigenvalue weighted by molar-refractivity contribution is 0.560. The van der Waals surface area contributed by atoms with Crippen molar-refractivity contribution in [2.45, 2.75) is 18.7 Å². The first-order chi connectivity index (χ1) is 9.90. The molecule has 0 aliphatic heterocycles. The molecule has 0 bridgehead atoms. The number of hydrogen-bond donors (Lipinski definition) is 1. The Morgan fingerprint density at radius 2 is 1.67 bits per heavy atom. The lowest BCUT2D eigenvalue weighted by atomic mass is 10.1. The Bertz CT molecular complexity index is 709. The van der Waals surface area contributed by atoms with Crippen LogP contribution >= 0.6 is 0 Å². The SMILES string of the molecule is CC(C)CNS(=O)(=O)c1ccccc1-c1ccc(F)cc1. The largest absolute Gasteiger partial charge is 0.241 e. The van der Waals surface area contributed by atoms with Gasteiger partial charge in [-0.3, -0.25) is 0 Å². The van der Waals surface area contributed by atoms with Crippen molar-refractivity contribution in [1.82, 2.24) is 4.72 Å². The highest BCUT2D eigenvalue weighted by Gasteiger charge is 2.18. The van der Waals surface area contributed by atoms with Crippen LogP contribution in [0.3, 0.4) is 0 Å². The molecule has 0 aromatic heterocycles. The first-order valence-corrected chi connectivity index (χ1v) is 8.23. The summed E-state index contributed by atoms with van der Waals surface area (Å²) < 4.78 is 40.4. The standard InChI is InChI=1S/C16H18FNO2S/c1-12(2)11-18-21(19,20)16-6-4-3-5-15(16)13-7-9-14(17)10-8-13/h3-10,12,18H,11H2,1-2H3. The van der Waals surface area contributed by atoms with Crippen molar-refractivity contribution >= 4 is 10.0 Å². The summed E-state index contributed by atoms with van der Waals surface area (Å²) >= 11 is 0. The zero-order chi connectivity index (χ0) is 15.5. The van der Waals surface area contributed by atoms with Crippen LogP contribution in [0.2, 0.25) is 0 Å². The van der Waals surface area contributed by atoms with E-state index in [-0.39, 0.29) is 16.6 Å². The fourth-order valence-corrected chi connectivity index (χ4v) is 3.36. The van der Waals surface area contributed by atoms with Crippen molar-refractivity contribution in [2.24, 2.45) is 5.92 Å². The van der Waals surface area contributed by atoms with E-state index in [0.717, 1.165) is 0 Å². The predicted octanol–water partition coefficient (Wildman–Crippen LogP) is 3.43. The monoisotopic (exact) mass is 307 g/mol. The molecule has 0 fully saturated rings. The van der Waals surface area contributed by atoms with Crippen molar-refractivity contribution in [2.75, 3.05) is 6.54 Å². The summed E-state index contributed by atoms with van der Waals surface area (Å²) in [5.74, 6) is -0.130. The Kier molecular flexibility index (Phi) is 4.75. The van der Waals surface area contributed by atoms with Crippen LogP contribution in [0.5, 0.6) is 0 Å². The molecule has 112 valence electrons. The summed E-state index contributed by atoms with van der Waals surface area (Å²) in [6.45, 7) is 4.25. The third-order valence-electron chi connectivity index (χ3n) is 3.01. The average Bonchev–Trinajstić information content (AvgIpc) is 2.46. The van der Waals surface area contributed by atoms with Crippen molar-refractivity contribution < 1.29 is 12.8 Å². The van der Waals surface area contributed by atoms with Crippen LogP contribution in [-0.2, 0) is 10.0 Å². The zero-order valence-electron chi connectivity index (χ0n) is 12.0. The van der Waals surface area contributed by atoms with Crippen LogP contribution in [0.25, 0.3) is 11.1 Å². The maximum Gasteiger partial charge on any atom is 0.241 e. The van der Waals surface area contributed by atoms with Crippen molar-refractivity contribution in [1.29, 1.82) is 0 Å². The van der Waals surface area contributed by atoms with E-state index in [1.807, 2.05) is 13.8 Å². The Morgan fingerprint density at radius 3 is 2.29 bits per heavy atom. The van der Waals surface area contributed by atoms with Gasteiger partial charge in [0.15, 0.2) is 0 Å². The Labute approximate surface area is 124 Å². The molecular weight excluding hydrogens is 289 g/mol. The van der Waals surface area contributed by atoms with Gasteiger partial charge >= 0.3 is 0 Å².